The zero-order chi connectivity index (χ0) is 26.0. The van der Waals surface area contributed by atoms with Gasteiger partial charge in [0.25, 0.3) is 0 Å². The van der Waals surface area contributed by atoms with Crippen LogP contribution in [0.25, 0.3) is 0 Å². The molecule has 0 aromatic heterocycles. The van der Waals surface area contributed by atoms with Crippen molar-refractivity contribution in [2.24, 2.45) is 53.3 Å². The summed E-state index contributed by atoms with van der Waals surface area (Å²) < 4.78 is 17.7. The Morgan fingerprint density at radius 1 is 0.711 bits per heavy atom. The number of hydrogen-bond donors (Lipinski definition) is 1. The summed E-state index contributed by atoms with van der Waals surface area (Å²) in [6, 6.07) is 7.14. The zero-order valence-electron chi connectivity index (χ0n) is 22.5. The third-order valence-electron chi connectivity index (χ3n) is 11.3. The minimum absolute atomic E-state index is 0.0232. The molecule has 0 saturated heterocycles. The van der Waals surface area contributed by atoms with E-state index in [1.807, 2.05) is 0 Å². The molecule has 8 fully saturated rings. The highest BCUT2D eigenvalue weighted by atomic mass is 18.2. The van der Waals surface area contributed by atoms with Crippen LogP contribution in [-0.4, -0.2) is 36.4 Å². The second-order valence-corrected chi connectivity index (χ2v) is 13.7. The number of esters is 2. The third-order valence-corrected chi connectivity index (χ3v) is 11.3. The van der Waals surface area contributed by atoms with Crippen molar-refractivity contribution in [3.05, 3.63) is 29.8 Å². The van der Waals surface area contributed by atoms with Crippen LogP contribution in [0.3, 0.4) is 0 Å². The molecule has 8 bridgehead atoms. The van der Waals surface area contributed by atoms with E-state index >= 15 is 0 Å². The lowest BCUT2D eigenvalue weighted by atomic mass is 9.55. The fourth-order valence-corrected chi connectivity index (χ4v) is 10.0. The number of ether oxygens (including phenoxy) is 3. The van der Waals surface area contributed by atoms with Crippen molar-refractivity contribution in [3.8, 4) is 5.75 Å². The summed E-state index contributed by atoms with van der Waals surface area (Å²) in [5.41, 5.74) is 0.653. The first kappa shape index (κ1) is 24.9. The number of rotatable bonds is 8. The Morgan fingerprint density at radius 2 is 1.11 bits per heavy atom. The minimum atomic E-state index is -1.11. The van der Waals surface area contributed by atoms with Crippen LogP contribution in [0.5, 0.6) is 5.75 Å². The molecule has 1 aromatic carbocycles. The van der Waals surface area contributed by atoms with Gasteiger partial charge in [-0.1, -0.05) is 12.1 Å². The van der Waals surface area contributed by atoms with Crippen molar-refractivity contribution in [1.29, 1.82) is 0 Å². The maximum atomic E-state index is 13.7. The summed E-state index contributed by atoms with van der Waals surface area (Å²) in [5.74, 6) is 3.39. The quantitative estimate of drug-likeness (QED) is 0.276. The van der Waals surface area contributed by atoms with E-state index in [2.05, 4.69) is 0 Å². The number of methoxy groups -OCH3 is 1. The van der Waals surface area contributed by atoms with Crippen molar-refractivity contribution in [2.45, 2.75) is 88.9 Å². The maximum absolute atomic E-state index is 13.7. The van der Waals surface area contributed by atoms with E-state index in [-0.39, 0.29) is 18.6 Å². The predicted molar refractivity (Wildman–Crippen MR) is 140 cm³/mol. The van der Waals surface area contributed by atoms with Gasteiger partial charge in [0.1, 0.15) is 18.0 Å². The van der Waals surface area contributed by atoms with Crippen LogP contribution in [0.4, 0.5) is 0 Å². The summed E-state index contributed by atoms with van der Waals surface area (Å²) in [5, 5.41) is 11.1. The predicted octanol–water partition coefficient (Wildman–Crippen LogP) is 5.47. The fourth-order valence-electron chi connectivity index (χ4n) is 10.0. The van der Waals surface area contributed by atoms with Gasteiger partial charge in [-0.05, 0) is 129 Å². The minimum Gasteiger partial charge on any atom is -0.497 e. The molecule has 0 unspecified atom stereocenters. The Kier molecular flexibility index (Phi) is 6.45. The molecule has 1 atom stereocenters. The van der Waals surface area contributed by atoms with Gasteiger partial charge in [-0.15, -0.1) is 0 Å². The van der Waals surface area contributed by atoms with Crippen molar-refractivity contribution < 1.29 is 28.9 Å². The summed E-state index contributed by atoms with van der Waals surface area (Å²) in [4.78, 5) is 27.5. The Hall–Kier alpha value is -2.08. The van der Waals surface area contributed by atoms with E-state index in [0.29, 0.717) is 35.0 Å². The number of hydrogen-bond acceptors (Lipinski definition) is 6. The first-order chi connectivity index (χ1) is 18.4. The van der Waals surface area contributed by atoms with Crippen LogP contribution in [0, 0.1) is 53.3 Å². The summed E-state index contributed by atoms with van der Waals surface area (Å²) in [6.45, 7) is 0. The van der Waals surface area contributed by atoms with Crippen molar-refractivity contribution >= 4 is 11.9 Å². The first-order valence-electron chi connectivity index (χ1n) is 15.2. The van der Waals surface area contributed by atoms with Gasteiger partial charge in [0.15, 0.2) is 5.92 Å². The zero-order valence-corrected chi connectivity index (χ0v) is 22.5. The smallest absolute Gasteiger partial charge is 0.320 e. The van der Waals surface area contributed by atoms with Gasteiger partial charge in [-0.3, -0.25) is 9.59 Å². The molecule has 0 amide bonds. The van der Waals surface area contributed by atoms with Crippen molar-refractivity contribution in [1.82, 2.24) is 0 Å². The van der Waals surface area contributed by atoms with E-state index in [4.69, 9.17) is 14.2 Å². The lowest BCUT2D eigenvalue weighted by Crippen LogP contribution is -2.52. The van der Waals surface area contributed by atoms with Gasteiger partial charge in [-0.2, -0.15) is 0 Å². The lowest BCUT2D eigenvalue weighted by molar-refractivity contribution is -0.190. The maximum Gasteiger partial charge on any atom is 0.320 e. The lowest BCUT2D eigenvalue weighted by Gasteiger charge is -2.54. The van der Waals surface area contributed by atoms with Gasteiger partial charge in [0, 0.05) is 6.42 Å². The number of benzene rings is 1. The molecule has 8 aliphatic carbocycles. The van der Waals surface area contributed by atoms with Crippen LogP contribution in [0.2, 0.25) is 0 Å². The summed E-state index contributed by atoms with van der Waals surface area (Å²) in [6.07, 6.45) is 10.6. The number of aliphatic hydroxyl groups is 1. The Balaban J connectivity index is 1.08. The van der Waals surface area contributed by atoms with Gasteiger partial charge in [0.05, 0.1) is 13.2 Å². The highest BCUT2D eigenvalue weighted by Gasteiger charge is 2.52. The molecule has 6 heteroatoms. The molecule has 38 heavy (non-hydrogen) atoms. The molecule has 8 saturated carbocycles. The standard InChI is InChI=1S/C32H42O6/c1-36-26-4-2-21(3-5-26)28(33)16-27(31(34)37-29-22-8-17-6-18(10-22)11-23(29)9-17)32(35)38-30-24-12-19-7-20(14-24)15-25(30)13-19/h2-5,17-20,22-25,27-30,33H,6-16H2,1H3/t17?,18?,19?,20?,22?,23?,24?,25?,27?,28-,29?,30?/m0/s1/i33+2. The van der Waals surface area contributed by atoms with Gasteiger partial charge in [-0.25, -0.2) is 0 Å². The molecule has 6 nitrogen and oxygen atoms in total. The number of carbonyl (C=O) groups is 2. The largest absolute Gasteiger partial charge is 0.497 e. The van der Waals surface area contributed by atoms with Crippen LogP contribution in [0.15, 0.2) is 24.3 Å². The highest BCUT2D eigenvalue weighted by molar-refractivity contribution is 5.95. The first-order valence-corrected chi connectivity index (χ1v) is 15.2. The van der Waals surface area contributed by atoms with Crippen LogP contribution >= 0.6 is 0 Å². The molecule has 1 aromatic rings. The van der Waals surface area contributed by atoms with Gasteiger partial charge >= 0.3 is 11.9 Å². The Morgan fingerprint density at radius 3 is 1.47 bits per heavy atom. The van der Waals surface area contributed by atoms with Crippen LogP contribution in [0.1, 0.15) is 82.3 Å². The molecular formula is C32H42O6. The number of aliphatic hydroxyl groups excluding tert-OH is 1. The molecular weight excluding hydrogens is 482 g/mol. The van der Waals surface area contributed by atoms with Crippen LogP contribution < -0.4 is 4.74 Å². The molecule has 8 aliphatic rings. The highest BCUT2D eigenvalue weighted by Crippen LogP contribution is 2.56. The van der Waals surface area contributed by atoms with E-state index in [9.17, 15) is 14.7 Å². The molecule has 0 heterocycles. The van der Waals surface area contributed by atoms with E-state index in [1.54, 1.807) is 31.4 Å². The van der Waals surface area contributed by atoms with Crippen molar-refractivity contribution in [3.63, 3.8) is 0 Å². The monoisotopic (exact) mass is 524 g/mol. The average molecular weight is 525 g/mol. The second-order valence-electron chi connectivity index (χ2n) is 13.7. The van der Waals surface area contributed by atoms with Gasteiger partial charge < -0.3 is 19.3 Å². The number of carbonyl (C=O) groups excluding carboxylic acids is 2. The Bertz CT molecular complexity index is 937. The molecule has 0 aliphatic heterocycles. The second kappa shape index (κ2) is 9.83. The molecule has 1 N–H and O–H groups in total. The Labute approximate surface area is 225 Å². The summed E-state index contributed by atoms with van der Waals surface area (Å²) >= 11 is 0. The topological polar surface area (TPSA) is 82.1 Å². The van der Waals surface area contributed by atoms with E-state index in [1.165, 1.54) is 12.8 Å². The fraction of sp³-hybridized carbons (Fsp3) is 0.750. The third kappa shape index (κ3) is 4.55. The average Bonchev–Trinajstić information content (AvgIpc) is 2.90. The van der Waals surface area contributed by atoms with Crippen LogP contribution in [-0.2, 0) is 19.1 Å². The van der Waals surface area contributed by atoms with E-state index in [0.717, 1.165) is 75.0 Å². The van der Waals surface area contributed by atoms with Gasteiger partial charge in [0.2, 0.25) is 0 Å². The van der Waals surface area contributed by atoms with Crippen molar-refractivity contribution in [2.75, 3.05) is 7.11 Å². The molecule has 206 valence electrons. The molecule has 9 rings (SSSR count). The van der Waals surface area contributed by atoms with E-state index < -0.39 is 24.0 Å². The SMILES string of the molecule is COc1ccc([C@@H]([18OH])CC(C(=O)OC2C3CC4CC(C3)CC2C4)C(=O)OC2C3CC4CC(C3)CC2C4)cc1. The molecule has 0 radical (unpaired) electrons. The molecule has 0 spiro atoms. The normalized spacial score (nSPS) is 41.5. The summed E-state index contributed by atoms with van der Waals surface area (Å²) in [7, 11) is 1.60.